The highest BCUT2D eigenvalue weighted by atomic mass is 19.4. The Labute approximate surface area is 98.9 Å². The highest BCUT2D eigenvalue weighted by Crippen LogP contribution is 2.34. The number of nitrogens with one attached hydrogen (secondary N) is 1. The van der Waals surface area contributed by atoms with Crippen LogP contribution in [0.15, 0.2) is 41.3 Å². The Kier molecular flexibility index (Phi) is 2.94. The number of H-pyrrole nitrogens is 1. The van der Waals surface area contributed by atoms with Crippen LogP contribution in [0.1, 0.15) is 5.56 Å². The maximum atomic E-state index is 13.8. The lowest BCUT2D eigenvalue weighted by atomic mass is 10.0. The van der Waals surface area contributed by atoms with Gasteiger partial charge in [-0.3, -0.25) is 4.79 Å². The van der Waals surface area contributed by atoms with Crippen molar-refractivity contribution in [3.05, 3.63) is 58.3 Å². The summed E-state index contributed by atoms with van der Waals surface area (Å²) in [7, 11) is 0. The number of pyridine rings is 1. The van der Waals surface area contributed by atoms with Crippen molar-refractivity contribution in [3.8, 4) is 11.1 Å². The fourth-order valence-corrected chi connectivity index (χ4v) is 1.59. The third kappa shape index (κ3) is 2.13. The van der Waals surface area contributed by atoms with Gasteiger partial charge in [0.15, 0.2) is 0 Å². The predicted molar refractivity (Wildman–Crippen MR) is 57.5 cm³/mol. The highest BCUT2D eigenvalue weighted by Gasteiger charge is 2.35. The Morgan fingerprint density at radius 3 is 2.28 bits per heavy atom. The molecule has 1 aromatic carbocycles. The molecule has 0 amide bonds. The minimum Gasteiger partial charge on any atom is -0.329 e. The lowest BCUT2D eigenvalue weighted by molar-refractivity contribution is -0.139. The summed E-state index contributed by atoms with van der Waals surface area (Å²) in [5, 5.41) is 0. The van der Waals surface area contributed by atoms with E-state index in [1.54, 1.807) is 0 Å². The lowest BCUT2D eigenvalue weighted by Crippen LogP contribution is -2.12. The first-order chi connectivity index (χ1) is 8.41. The van der Waals surface area contributed by atoms with Crippen LogP contribution in [-0.4, -0.2) is 4.98 Å². The van der Waals surface area contributed by atoms with E-state index in [9.17, 15) is 22.4 Å². The van der Waals surface area contributed by atoms with E-state index in [1.807, 2.05) is 0 Å². The van der Waals surface area contributed by atoms with Crippen LogP contribution in [0.25, 0.3) is 11.1 Å². The van der Waals surface area contributed by atoms with E-state index in [0.29, 0.717) is 6.07 Å². The van der Waals surface area contributed by atoms with Crippen LogP contribution in [0.2, 0.25) is 0 Å². The molecule has 94 valence electrons. The molecule has 0 radical (unpaired) electrons. The SMILES string of the molecule is O=c1[nH]cccc1-c1cccc(C(F)(F)F)c1F. The second-order valence-corrected chi connectivity index (χ2v) is 3.58. The van der Waals surface area contributed by atoms with Gasteiger partial charge in [-0.15, -0.1) is 0 Å². The molecule has 0 aliphatic heterocycles. The van der Waals surface area contributed by atoms with Crippen molar-refractivity contribution in [1.29, 1.82) is 0 Å². The smallest absolute Gasteiger partial charge is 0.329 e. The van der Waals surface area contributed by atoms with E-state index in [4.69, 9.17) is 0 Å². The summed E-state index contributed by atoms with van der Waals surface area (Å²) in [6.07, 6.45) is -3.47. The molecule has 0 atom stereocenters. The van der Waals surface area contributed by atoms with Gasteiger partial charge in [0.25, 0.3) is 5.56 Å². The molecule has 18 heavy (non-hydrogen) atoms. The average Bonchev–Trinajstić information content (AvgIpc) is 2.29. The minimum absolute atomic E-state index is 0.138. The van der Waals surface area contributed by atoms with E-state index in [2.05, 4.69) is 4.98 Å². The van der Waals surface area contributed by atoms with Crippen LogP contribution in [0.3, 0.4) is 0 Å². The lowest BCUT2D eigenvalue weighted by Gasteiger charge is -2.10. The third-order valence-electron chi connectivity index (χ3n) is 2.41. The largest absolute Gasteiger partial charge is 0.419 e. The molecule has 6 heteroatoms. The molecular weight excluding hydrogens is 250 g/mol. The van der Waals surface area contributed by atoms with Crippen LogP contribution < -0.4 is 5.56 Å². The van der Waals surface area contributed by atoms with Crippen molar-refractivity contribution in [3.63, 3.8) is 0 Å². The Morgan fingerprint density at radius 2 is 1.67 bits per heavy atom. The number of aromatic amines is 1. The molecule has 0 bridgehead atoms. The van der Waals surface area contributed by atoms with Crippen LogP contribution >= 0.6 is 0 Å². The van der Waals surface area contributed by atoms with Gasteiger partial charge in [0.2, 0.25) is 0 Å². The van der Waals surface area contributed by atoms with Gasteiger partial charge in [0.05, 0.1) is 5.56 Å². The Morgan fingerprint density at radius 1 is 1.00 bits per heavy atom. The summed E-state index contributed by atoms with van der Waals surface area (Å²) < 4.78 is 51.3. The van der Waals surface area contributed by atoms with E-state index in [0.717, 1.165) is 12.1 Å². The normalized spacial score (nSPS) is 11.6. The zero-order valence-electron chi connectivity index (χ0n) is 8.88. The first-order valence-electron chi connectivity index (χ1n) is 4.95. The topological polar surface area (TPSA) is 32.9 Å². The molecular formula is C12H7F4NO. The Bertz CT molecular complexity index is 630. The first-order valence-corrected chi connectivity index (χ1v) is 4.95. The maximum Gasteiger partial charge on any atom is 0.419 e. The molecule has 1 heterocycles. The van der Waals surface area contributed by atoms with Crippen molar-refractivity contribution < 1.29 is 17.6 Å². The van der Waals surface area contributed by atoms with Crippen LogP contribution in [0, 0.1) is 5.82 Å². The molecule has 2 aromatic rings. The summed E-state index contributed by atoms with van der Waals surface area (Å²) in [5.41, 5.74) is -2.54. The van der Waals surface area contributed by atoms with Gasteiger partial charge < -0.3 is 4.98 Å². The fourth-order valence-electron chi connectivity index (χ4n) is 1.59. The fraction of sp³-hybridized carbons (Fsp3) is 0.0833. The summed E-state index contributed by atoms with van der Waals surface area (Å²) in [4.78, 5) is 13.7. The molecule has 0 aliphatic rings. The van der Waals surface area contributed by atoms with E-state index < -0.39 is 23.1 Å². The molecule has 2 nitrogen and oxygen atoms in total. The molecule has 0 spiro atoms. The Balaban J connectivity index is 2.68. The highest BCUT2D eigenvalue weighted by molar-refractivity contribution is 5.64. The quantitative estimate of drug-likeness (QED) is 0.782. The molecule has 1 aromatic heterocycles. The van der Waals surface area contributed by atoms with Gasteiger partial charge in [0, 0.05) is 17.3 Å². The van der Waals surface area contributed by atoms with Gasteiger partial charge in [0.1, 0.15) is 5.82 Å². The van der Waals surface area contributed by atoms with E-state index in [1.165, 1.54) is 18.3 Å². The molecule has 0 saturated carbocycles. The molecule has 0 unspecified atom stereocenters. The Hall–Kier alpha value is -2.11. The number of hydrogen-bond acceptors (Lipinski definition) is 1. The standard InChI is InChI=1S/C12H7F4NO/c13-10-7(8-4-2-6-17-11(8)18)3-1-5-9(10)12(14,15)16/h1-6H,(H,17,18). The number of aromatic nitrogens is 1. The summed E-state index contributed by atoms with van der Waals surface area (Å²) in [5.74, 6) is -1.44. The number of benzene rings is 1. The van der Waals surface area contributed by atoms with Crippen molar-refractivity contribution in [2.45, 2.75) is 6.18 Å². The number of alkyl halides is 3. The van der Waals surface area contributed by atoms with Crippen LogP contribution in [0.5, 0.6) is 0 Å². The summed E-state index contributed by atoms with van der Waals surface area (Å²) in [6, 6.07) is 5.51. The molecule has 0 fully saturated rings. The molecule has 2 rings (SSSR count). The number of halogens is 4. The van der Waals surface area contributed by atoms with Crippen molar-refractivity contribution in [1.82, 2.24) is 4.98 Å². The monoisotopic (exact) mass is 257 g/mol. The van der Waals surface area contributed by atoms with Gasteiger partial charge in [-0.2, -0.15) is 13.2 Å². The van der Waals surface area contributed by atoms with Crippen LogP contribution in [-0.2, 0) is 6.18 Å². The van der Waals surface area contributed by atoms with Crippen molar-refractivity contribution in [2.24, 2.45) is 0 Å². The number of rotatable bonds is 1. The second kappa shape index (κ2) is 4.29. The number of hydrogen-bond donors (Lipinski definition) is 1. The van der Waals surface area contributed by atoms with Gasteiger partial charge in [-0.1, -0.05) is 12.1 Å². The van der Waals surface area contributed by atoms with Gasteiger partial charge in [-0.05, 0) is 18.2 Å². The van der Waals surface area contributed by atoms with Gasteiger partial charge >= 0.3 is 6.18 Å². The van der Waals surface area contributed by atoms with Crippen LogP contribution in [0.4, 0.5) is 17.6 Å². The molecule has 0 aliphatic carbocycles. The first kappa shape index (κ1) is 12.3. The summed E-state index contributed by atoms with van der Waals surface area (Å²) >= 11 is 0. The molecule has 1 N–H and O–H groups in total. The van der Waals surface area contributed by atoms with Gasteiger partial charge in [-0.25, -0.2) is 4.39 Å². The predicted octanol–water partition coefficient (Wildman–Crippen LogP) is 3.20. The third-order valence-corrected chi connectivity index (χ3v) is 2.41. The average molecular weight is 257 g/mol. The molecule has 0 saturated heterocycles. The van der Waals surface area contributed by atoms with E-state index >= 15 is 0 Å². The van der Waals surface area contributed by atoms with Crippen molar-refractivity contribution in [2.75, 3.05) is 0 Å². The summed E-state index contributed by atoms with van der Waals surface area (Å²) in [6.45, 7) is 0. The second-order valence-electron chi connectivity index (χ2n) is 3.58. The zero-order valence-corrected chi connectivity index (χ0v) is 8.88. The van der Waals surface area contributed by atoms with Crippen molar-refractivity contribution >= 4 is 0 Å². The maximum absolute atomic E-state index is 13.8. The minimum atomic E-state index is -4.79. The van der Waals surface area contributed by atoms with E-state index in [-0.39, 0.29) is 11.1 Å². The zero-order chi connectivity index (χ0) is 13.3.